The van der Waals surface area contributed by atoms with Gasteiger partial charge in [0.05, 0.1) is 0 Å². The van der Waals surface area contributed by atoms with Gasteiger partial charge in [0.15, 0.2) is 0 Å². The number of nitrogens with one attached hydrogen (secondary N) is 1. The number of carbonyl (C=O) groups excluding carboxylic acids is 1. The number of anilines is 1. The van der Waals surface area contributed by atoms with Crippen LogP contribution in [0.5, 0.6) is 0 Å². The Morgan fingerprint density at radius 1 is 1.41 bits per heavy atom. The highest BCUT2D eigenvalue weighted by atomic mass is 16.5. The number of rotatable bonds is 2. The Kier molecular flexibility index (Phi) is 3.64. The molecule has 4 nitrogen and oxygen atoms in total. The fraction of sp³-hybridized carbons (Fsp3) is 0.462. The average molecular weight is 234 g/mol. The molecule has 1 aromatic rings. The van der Waals surface area contributed by atoms with Gasteiger partial charge in [-0.2, -0.15) is 0 Å². The molecule has 0 bridgehead atoms. The highest BCUT2D eigenvalue weighted by Gasteiger charge is 2.17. The van der Waals surface area contributed by atoms with Gasteiger partial charge in [0.25, 0.3) is 5.91 Å². The molecule has 4 heteroatoms. The Morgan fingerprint density at radius 2 is 2.12 bits per heavy atom. The predicted octanol–water partition coefficient (Wildman–Crippen LogP) is 1.49. The minimum absolute atomic E-state index is 0.0191. The van der Waals surface area contributed by atoms with Crippen molar-refractivity contribution in [2.45, 2.75) is 25.8 Å². The number of ether oxygens (including phenoxy) is 1. The van der Waals surface area contributed by atoms with Gasteiger partial charge < -0.3 is 15.8 Å². The van der Waals surface area contributed by atoms with Crippen molar-refractivity contribution in [1.82, 2.24) is 5.32 Å². The summed E-state index contributed by atoms with van der Waals surface area (Å²) in [6, 6.07) is 5.58. The summed E-state index contributed by atoms with van der Waals surface area (Å²) < 4.78 is 5.26. The largest absolute Gasteiger partial charge is 0.399 e. The van der Waals surface area contributed by atoms with Crippen LogP contribution >= 0.6 is 0 Å². The van der Waals surface area contributed by atoms with Gasteiger partial charge in [0.2, 0.25) is 0 Å². The van der Waals surface area contributed by atoms with E-state index in [0.29, 0.717) is 11.3 Å². The summed E-state index contributed by atoms with van der Waals surface area (Å²) in [6.07, 6.45) is 1.78. The molecule has 17 heavy (non-hydrogen) atoms. The van der Waals surface area contributed by atoms with Crippen LogP contribution in [0.3, 0.4) is 0 Å². The Morgan fingerprint density at radius 3 is 2.76 bits per heavy atom. The standard InChI is InChI=1S/C13H18N2O2/c1-9-8-10(14)2-3-12(9)13(16)15-11-4-6-17-7-5-11/h2-3,8,11H,4-7,14H2,1H3,(H,15,16). The zero-order valence-electron chi connectivity index (χ0n) is 10.0. The second-order valence-electron chi connectivity index (χ2n) is 4.43. The van der Waals surface area contributed by atoms with Crippen LogP contribution in [-0.4, -0.2) is 25.2 Å². The van der Waals surface area contributed by atoms with Crippen molar-refractivity contribution in [3.8, 4) is 0 Å². The van der Waals surface area contributed by atoms with E-state index in [9.17, 15) is 4.79 Å². The van der Waals surface area contributed by atoms with Gasteiger partial charge >= 0.3 is 0 Å². The second-order valence-corrected chi connectivity index (χ2v) is 4.43. The van der Waals surface area contributed by atoms with Gasteiger partial charge in [-0.3, -0.25) is 4.79 Å². The average Bonchev–Trinajstić information content (AvgIpc) is 2.30. The molecule has 0 saturated carbocycles. The Hall–Kier alpha value is -1.55. The first-order valence-electron chi connectivity index (χ1n) is 5.91. The van der Waals surface area contributed by atoms with Gasteiger partial charge in [0, 0.05) is 30.5 Å². The number of benzene rings is 1. The number of carbonyl (C=O) groups is 1. The van der Waals surface area contributed by atoms with Crippen molar-refractivity contribution in [3.63, 3.8) is 0 Å². The maximum Gasteiger partial charge on any atom is 0.251 e. The third-order valence-corrected chi connectivity index (χ3v) is 3.05. The molecule has 1 fully saturated rings. The molecule has 0 atom stereocenters. The number of hydrogen-bond acceptors (Lipinski definition) is 3. The summed E-state index contributed by atoms with van der Waals surface area (Å²) in [5.74, 6) is -0.0191. The normalized spacial score (nSPS) is 16.8. The van der Waals surface area contributed by atoms with Gasteiger partial charge in [-0.25, -0.2) is 0 Å². The van der Waals surface area contributed by atoms with E-state index < -0.39 is 0 Å². The third-order valence-electron chi connectivity index (χ3n) is 3.05. The lowest BCUT2D eigenvalue weighted by Gasteiger charge is -2.23. The van der Waals surface area contributed by atoms with E-state index >= 15 is 0 Å². The fourth-order valence-corrected chi connectivity index (χ4v) is 2.05. The van der Waals surface area contributed by atoms with Crippen molar-refractivity contribution in [2.24, 2.45) is 0 Å². The van der Waals surface area contributed by atoms with E-state index in [1.807, 2.05) is 13.0 Å². The van der Waals surface area contributed by atoms with E-state index in [1.165, 1.54) is 0 Å². The monoisotopic (exact) mass is 234 g/mol. The van der Waals surface area contributed by atoms with Crippen LogP contribution in [0.1, 0.15) is 28.8 Å². The van der Waals surface area contributed by atoms with Crippen LogP contribution in [0.25, 0.3) is 0 Å². The summed E-state index contributed by atoms with van der Waals surface area (Å²) in [6.45, 7) is 3.35. The van der Waals surface area contributed by atoms with E-state index in [-0.39, 0.29) is 11.9 Å². The van der Waals surface area contributed by atoms with E-state index in [4.69, 9.17) is 10.5 Å². The van der Waals surface area contributed by atoms with Crippen molar-refractivity contribution in [3.05, 3.63) is 29.3 Å². The molecule has 0 spiro atoms. The predicted molar refractivity (Wildman–Crippen MR) is 66.9 cm³/mol. The van der Waals surface area contributed by atoms with Crippen molar-refractivity contribution in [2.75, 3.05) is 18.9 Å². The smallest absolute Gasteiger partial charge is 0.251 e. The van der Waals surface area contributed by atoms with E-state index in [0.717, 1.165) is 31.6 Å². The Bertz CT molecular complexity index is 412. The third kappa shape index (κ3) is 2.97. The Balaban J connectivity index is 2.03. The van der Waals surface area contributed by atoms with Crippen LogP contribution in [0.15, 0.2) is 18.2 Å². The number of nitrogens with two attached hydrogens (primary N) is 1. The molecule has 92 valence electrons. The summed E-state index contributed by atoms with van der Waals surface area (Å²) in [5, 5.41) is 3.04. The molecule has 2 rings (SSSR count). The van der Waals surface area contributed by atoms with Gasteiger partial charge in [-0.05, 0) is 43.5 Å². The molecule has 0 radical (unpaired) electrons. The summed E-state index contributed by atoms with van der Waals surface area (Å²) in [7, 11) is 0. The number of nitrogen functional groups attached to an aromatic ring is 1. The highest BCUT2D eigenvalue weighted by Crippen LogP contribution is 2.14. The minimum Gasteiger partial charge on any atom is -0.399 e. The molecule has 0 aliphatic carbocycles. The van der Waals surface area contributed by atoms with Crippen molar-refractivity contribution < 1.29 is 9.53 Å². The molecule has 0 unspecified atom stereocenters. The van der Waals surface area contributed by atoms with Crippen LogP contribution in [-0.2, 0) is 4.74 Å². The quantitative estimate of drug-likeness (QED) is 0.762. The Labute approximate surface area is 101 Å². The summed E-state index contributed by atoms with van der Waals surface area (Å²) >= 11 is 0. The molecular formula is C13H18N2O2. The van der Waals surface area contributed by atoms with Crippen molar-refractivity contribution >= 4 is 11.6 Å². The fourth-order valence-electron chi connectivity index (χ4n) is 2.05. The molecule has 1 aliphatic heterocycles. The zero-order chi connectivity index (χ0) is 12.3. The van der Waals surface area contributed by atoms with Crippen LogP contribution in [0.4, 0.5) is 5.69 Å². The van der Waals surface area contributed by atoms with Crippen LogP contribution in [0, 0.1) is 6.92 Å². The maximum atomic E-state index is 12.1. The topological polar surface area (TPSA) is 64.4 Å². The zero-order valence-corrected chi connectivity index (χ0v) is 10.0. The molecule has 1 heterocycles. The van der Waals surface area contributed by atoms with Gasteiger partial charge in [0.1, 0.15) is 0 Å². The molecule has 0 aromatic heterocycles. The lowest BCUT2D eigenvalue weighted by atomic mass is 10.1. The molecule has 1 aromatic carbocycles. The first kappa shape index (κ1) is 11.9. The lowest BCUT2D eigenvalue weighted by Crippen LogP contribution is -2.39. The minimum atomic E-state index is -0.0191. The van der Waals surface area contributed by atoms with Crippen LogP contribution < -0.4 is 11.1 Å². The number of amides is 1. The van der Waals surface area contributed by atoms with Crippen molar-refractivity contribution in [1.29, 1.82) is 0 Å². The molecule has 1 aliphatic rings. The first-order valence-corrected chi connectivity index (χ1v) is 5.91. The van der Waals surface area contributed by atoms with Gasteiger partial charge in [-0.15, -0.1) is 0 Å². The molecule has 1 saturated heterocycles. The summed E-state index contributed by atoms with van der Waals surface area (Å²) in [5.41, 5.74) is 7.96. The SMILES string of the molecule is Cc1cc(N)ccc1C(=O)NC1CCOCC1. The number of hydrogen-bond donors (Lipinski definition) is 2. The lowest BCUT2D eigenvalue weighted by molar-refractivity contribution is 0.0696. The molecule has 3 N–H and O–H groups in total. The number of aryl methyl sites for hydroxylation is 1. The first-order chi connectivity index (χ1) is 8.16. The maximum absolute atomic E-state index is 12.1. The van der Waals surface area contributed by atoms with Crippen LogP contribution in [0.2, 0.25) is 0 Å². The van der Waals surface area contributed by atoms with Gasteiger partial charge in [-0.1, -0.05) is 0 Å². The van der Waals surface area contributed by atoms with E-state index in [1.54, 1.807) is 12.1 Å². The highest BCUT2D eigenvalue weighted by molar-refractivity contribution is 5.96. The molecular weight excluding hydrogens is 216 g/mol. The molecule has 1 amide bonds. The summed E-state index contributed by atoms with van der Waals surface area (Å²) in [4.78, 5) is 12.1. The van der Waals surface area contributed by atoms with E-state index in [2.05, 4.69) is 5.32 Å². The second kappa shape index (κ2) is 5.19.